The topological polar surface area (TPSA) is 123 Å². The maximum Gasteiger partial charge on any atom is 0.264 e. The van der Waals surface area contributed by atoms with E-state index in [2.05, 4.69) is 4.98 Å². The zero-order valence-corrected chi connectivity index (χ0v) is 20.3. The third-order valence-corrected chi connectivity index (χ3v) is 8.59. The number of rotatable bonds is 4. The first-order chi connectivity index (χ1) is 16.6. The third-order valence-electron chi connectivity index (χ3n) is 6.78. The van der Waals surface area contributed by atoms with E-state index in [0.29, 0.717) is 29.1 Å². The molecule has 0 radical (unpaired) electrons. The molecule has 1 aromatic heterocycles. The Morgan fingerprint density at radius 1 is 1.17 bits per heavy atom. The predicted molar refractivity (Wildman–Crippen MR) is 131 cm³/mol. The van der Waals surface area contributed by atoms with Crippen molar-refractivity contribution in [3.8, 4) is 5.75 Å². The van der Waals surface area contributed by atoms with Crippen molar-refractivity contribution < 1.29 is 23.1 Å². The number of benzene rings is 2. The van der Waals surface area contributed by atoms with Crippen LogP contribution in [0.1, 0.15) is 53.2 Å². The molecule has 2 unspecified atom stereocenters. The van der Waals surface area contributed by atoms with Gasteiger partial charge in [-0.2, -0.15) is 0 Å². The van der Waals surface area contributed by atoms with Crippen molar-refractivity contribution in [3.05, 3.63) is 83.2 Å². The minimum atomic E-state index is -3.88. The summed E-state index contributed by atoms with van der Waals surface area (Å²) >= 11 is 0. The van der Waals surface area contributed by atoms with Crippen molar-refractivity contribution in [2.45, 2.75) is 49.2 Å². The zero-order valence-electron chi connectivity index (χ0n) is 19.5. The average molecular weight is 494 g/mol. The van der Waals surface area contributed by atoms with Crippen LogP contribution in [0.5, 0.6) is 5.75 Å². The van der Waals surface area contributed by atoms with Gasteiger partial charge in [0.15, 0.2) is 0 Å². The number of nitrogens with two attached hydrogens (primary N) is 1. The van der Waals surface area contributed by atoms with Gasteiger partial charge in [-0.3, -0.25) is 14.1 Å². The number of hydrogen-bond acceptors (Lipinski definition) is 6. The van der Waals surface area contributed by atoms with E-state index in [-0.39, 0.29) is 10.5 Å². The molecule has 0 aliphatic carbocycles. The number of amides is 1. The van der Waals surface area contributed by atoms with Gasteiger partial charge in [0.25, 0.3) is 10.0 Å². The Bertz CT molecular complexity index is 1420. The summed E-state index contributed by atoms with van der Waals surface area (Å²) in [4.78, 5) is 16.0. The molecule has 3 aromatic rings. The largest absolute Gasteiger partial charge is 0.485 e. The van der Waals surface area contributed by atoms with Gasteiger partial charge in [0.05, 0.1) is 16.1 Å². The van der Waals surface area contributed by atoms with Crippen LogP contribution in [0.4, 0.5) is 5.69 Å². The van der Waals surface area contributed by atoms with Crippen molar-refractivity contribution in [1.82, 2.24) is 4.98 Å². The zero-order chi connectivity index (χ0) is 25.0. The number of anilines is 1. The lowest BCUT2D eigenvalue weighted by atomic mass is 9.78. The second-order valence-electron chi connectivity index (χ2n) is 9.51. The number of sulfonamides is 1. The van der Waals surface area contributed by atoms with Crippen LogP contribution < -0.4 is 14.8 Å². The van der Waals surface area contributed by atoms with Crippen LogP contribution in [-0.4, -0.2) is 42.7 Å². The maximum absolute atomic E-state index is 13.8. The molecule has 0 fully saturated rings. The van der Waals surface area contributed by atoms with Gasteiger partial charge in [0.2, 0.25) is 5.91 Å². The van der Waals surface area contributed by atoms with Crippen molar-refractivity contribution in [2.75, 3.05) is 10.8 Å². The number of ether oxygens (including phenoxy) is 1. The Morgan fingerprint density at radius 3 is 2.71 bits per heavy atom. The molecule has 2 aromatic carbocycles. The van der Waals surface area contributed by atoms with E-state index in [9.17, 15) is 18.3 Å². The smallest absolute Gasteiger partial charge is 0.264 e. The lowest BCUT2D eigenvalue weighted by Gasteiger charge is -2.42. The van der Waals surface area contributed by atoms with Crippen molar-refractivity contribution in [1.29, 1.82) is 0 Å². The summed E-state index contributed by atoms with van der Waals surface area (Å²) in [6.07, 6.45) is 3.43. The fourth-order valence-corrected chi connectivity index (χ4v) is 6.52. The monoisotopic (exact) mass is 493 g/mol. The molecule has 2 aliphatic rings. The van der Waals surface area contributed by atoms with Gasteiger partial charge in [0.1, 0.15) is 17.5 Å². The summed E-state index contributed by atoms with van der Waals surface area (Å²) in [6.45, 7) is 3.90. The van der Waals surface area contributed by atoms with E-state index in [0.717, 1.165) is 18.4 Å². The molecule has 3 heterocycles. The molecule has 3 N–H and O–H groups in total. The van der Waals surface area contributed by atoms with E-state index < -0.39 is 33.6 Å². The Balaban J connectivity index is 1.64. The fourth-order valence-electron chi connectivity index (χ4n) is 4.94. The van der Waals surface area contributed by atoms with E-state index >= 15 is 0 Å². The molecule has 8 nitrogen and oxygen atoms in total. The van der Waals surface area contributed by atoms with Gasteiger partial charge in [-0.1, -0.05) is 18.2 Å². The normalized spacial score (nSPS) is 20.9. The number of aliphatic hydroxyl groups is 1. The molecule has 0 saturated heterocycles. The highest BCUT2D eigenvalue weighted by atomic mass is 32.2. The standard InChI is InChI=1S/C26H27N3O5S/c1-26(2)24(30)23(17-12-18(25(27)31)15-28-14-17)20-13-19(9-10-22(20)34-26)35(32,33)29-11-5-7-16-6-3-4-8-21(16)29/h3-4,6,8-10,12-15,23-24,30H,5,7,11H2,1-2H3,(H2,27,31). The van der Waals surface area contributed by atoms with Crippen LogP contribution >= 0.6 is 0 Å². The van der Waals surface area contributed by atoms with Crippen LogP contribution in [0, 0.1) is 0 Å². The lowest BCUT2D eigenvalue weighted by Crippen LogP contribution is -2.49. The fraction of sp³-hybridized carbons (Fsp3) is 0.308. The van der Waals surface area contributed by atoms with E-state index in [1.165, 1.54) is 16.6 Å². The Labute approximate surface area is 204 Å². The highest BCUT2D eigenvalue weighted by Gasteiger charge is 2.44. The minimum Gasteiger partial charge on any atom is -0.485 e. The predicted octanol–water partition coefficient (Wildman–Crippen LogP) is 2.99. The molecule has 0 saturated carbocycles. The Hall–Kier alpha value is -3.43. The SMILES string of the molecule is CC1(C)Oc2ccc(S(=O)(=O)N3CCCc4ccccc43)cc2C(c2cncc(C(N)=O)c2)C1O. The number of carbonyl (C=O) groups excluding carboxylic acids is 1. The molecule has 5 rings (SSSR count). The second-order valence-corrected chi connectivity index (χ2v) is 11.4. The van der Waals surface area contributed by atoms with E-state index in [1.807, 2.05) is 24.3 Å². The Kier molecular flexibility index (Phi) is 5.56. The van der Waals surface area contributed by atoms with Gasteiger partial charge >= 0.3 is 0 Å². The molecular weight excluding hydrogens is 466 g/mol. The molecule has 1 amide bonds. The van der Waals surface area contributed by atoms with Crippen LogP contribution in [0.2, 0.25) is 0 Å². The summed E-state index contributed by atoms with van der Waals surface area (Å²) in [5, 5.41) is 11.3. The maximum atomic E-state index is 13.8. The van der Waals surface area contributed by atoms with Crippen molar-refractivity contribution in [2.24, 2.45) is 5.73 Å². The molecule has 35 heavy (non-hydrogen) atoms. The number of hydrogen-bond donors (Lipinski definition) is 2. The number of carbonyl (C=O) groups is 1. The lowest BCUT2D eigenvalue weighted by molar-refractivity contribution is -0.0513. The minimum absolute atomic E-state index is 0.104. The number of aryl methyl sites for hydroxylation is 1. The van der Waals surface area contributed by atoms with Gasteiger partial charge in [-0.25, -0.2) is 8.42 Å². The highest BCUT2D eigenvalue weighted by molar-refractivity contribution is 7.92. The first-order valence-electron chi connectivity index (χ1n) is 11.5. The molecular formula is C26H27N3O5S. The number of aromatic nitrogens is 1. The van der Waals surface area contributed by atoms with Gasteiger partial charge < -0.3 is 15.6 Å². The molecule has 0 bridgehead atoms. The molecule has 0 spiro atoms. The number of primary amides is 1. The van der Waals surface area contributed by atoms with Gasteiger partial charge in [0, 0.05) is 30.4 Å². The summed E-state index contributed by atoms with van der Waals surface area (Å²) in [5.41, 5.74) is 7.41. The number of nitrogens with zero attached hydrogens (tertiary/aromatic N) is 2. The molecule has 182 valence electrons. The van der Waals surface area contributed by atoms with E-state index in [1.54, 1.807) is 38.2 Å². The second kappa shape index (κ2) is 8.35. The quantitative estimate of drug-likeness (QED) is 0.576. The van der Waals surface area contributed by atoms with Crippen molar-refractivity contribution >= 4 is 21.6 Å². The van der Waals surface area contributed by atoms with E-state index in [4.69, 9.17) is 10.5 Å². The first kappa shape index (κ1) is 23.3. The molecule has 2 atom stereocenters. The summed E-state index contributed by atoms with van der Waals surface area (Å²) in [7, 11) is -3.88. The first-order valence-corrected chi connectivity index (χ1v) is 12.9. The summed E-state index contributed by atoms with van der Waals surface area (Å²) < 4.78 is 35.1. The third kappa shape index (κ3) is 3.94. The highest BCUT2D eigenvalue weighted by Crippen LogP contribution is 2.45. The summed E-state index contributed by atoms with van der Waals surface area (Å²) in [5.74, 6) is -0.849. The summed E-state index contributed by atoms with van der Waals surface area (Å²) in [6, 6.07) is 13.8. The molecule has 2 aliphatic heterocycles. The van der Waals surface area contributed by atoms with Gasteiger partial charge in [-0.15, -0.1) is 0 Å². The number of aliphatic hydroxyl groups excluding tert-OH is 1. The molecule has 9 heteroatoms. The van der Waals surface area contributed by atoms with Gasteiger partial charge in [-0.05, 0) is 68.1 Å². The van der Waals surface area contributed by atoms with Crippen LogP contribution in [0.25, 0.3) is 0 Å². The number of fused-ring (bicyclic) bond motifs is 2. The number of pyridine rings is 1. The Morgan fingerprint density at radius 2 is 1.94 bits per heavy atom. The van der Waals surface area contributed by atoms with Crippen LogP contribution in [0.3, 0.4) is 0 Å². The average Bonchev–Trinajstić information content (AvgIpc) is 2.84. The van der Waals surface area contributed by atoms with Crippen LogP contribution in [0.15, 0.2) is 65.8 Å². The number of para-hydroxylation sites is 1. The van der Waals surface area contributed by atoms with Crippen LogP contribution in [-0.2, 0) is 16.4 Å². The van der Waals surface area contributed by atoms with Crippen molar-refractivity contribution in [3.63, 3.8) is 0 Å².